The van der Waals surface area contributed by atoms with Crippen molar-refractivity contribution in [1.82, 2.24) is 15.0 Å². The van der Waals surface area contributed by atoms with Crippen molar-refractivity contribution in [2.45, 2.75) is 19.8 Å². The zero-order valence-corrected chi connectivity index (χ0v) is 19.1. The van der Waals surface area contributed by atoms with Crippen LogP contribution >= 0.6 is 11.6 Å². The van der Waals surface area contributed by atoms with Crippen molar-refractivity contribution in [3.63, 3.8) is 0 Å². The monoisotopic (exact) mass is 464 g/mol. The Morgan fingerprint density at radius 2 is 1.94 bits per heavy atom. The first-order valence-corrected chi connectivity index (χ1v) is 11.4. The highest BCUT2D eigenvalue weighted by Gasteiger charge is 2.32. The van der Waals surface area contributed by atoms with E-state index in [1.807, 2.05) is 42.5 Å². The van der Waals surface area contributed by atoms with Crippen molar-refractivity contribution >= 4 is 29.7 Å². The molecule has 1 fully saturated rings. The average Bonchev–Trinajstić information content (AvgIpc) is 2.86. The molecule has 0 bridgehead atoms. The van der Waals surface area contributed by atoms with Crippen molar-refractivity contribution in [3.8, 4) is 22.6 Å². The molecule has 3 aromatic rings. The summed E-state index contributed by atoms with van der Waals surface area (Å²) in [5.41, 5.74) is 2.55. The molecule has 1 aromatic carbocycles. The molecule has 3 heterocycles. The molecule has 1 unspecified atom stereocenters. The zero-order valence-electron chi connectivity index (χ0n) is 18.4. The SMILES string of the molecule is CCOC(=O)C(C=O)C1CCN(c2cc(-c3ccc(Cl)cc3)nc(-c3cccnc3)n2)CC1. The number of carbonyl (C=O) groups excluding carboxylic acids is 2. The number of hydrogen-bond donors (Lipinski definition) is 0. The van der Waals surface area contributed by atoms with Crippen molar-refractivity contribution in [2.75, 3.05) is 24.6 Å². The molecule has 7 nitrogen and oxygen atoms in total. The second kappa shape index (κ2) is 10.5. The molecule has 8 heteroatoms. The molecular weight excluding hydrogens is 440 g/mol. The van der Waals surface area contributed by atoms with Gasteiger partial charge in [0.25, 0.3) is 0 Å². The van der Waals surface area contributed by atoms with Crippen LogP contribution in [0.3, 0.4) is 0 Å². The number of ether oxygens (including phenoxy) is 1. The van der Waals surface area contributed by atoms with Gasteiger partial charge in [0, 0.05) is 47.7 Å². The van der Waals surface area contributed by atoms with E-state index in [-0.39, 0.29) is 12.5 Å². The van der Waals surface area contributed by atoms with E-state index in [4.69, 9.17) is 26.3 Å². The van der Waals surface area contributed by atoms with E-state index in [0.717, 1.165) is 28.9 Å². The molecule has 170 valence electrons. The summed E-state index contributed by atoms with van der Waals surface area (Å²) in [6.45, 7) is 3.37. The standard InChI is InChI=1S/C25H25ClN4O3/c1-2-33-25(32)21(16-31)17-9-12-30(13-10-17)23-14-22(18-5-7-20(26)8-6-18)28-24(29-23)19-4-3-11-27-15-19/h3-8,11,14-17,21H,2,9-10,12-13H2,1H3. The smallest absolute Gasteiger partial charge is 0.316 e. The predicted octanol–water partition coefficient (Wildman–Crippen LogP) is 4.45. The molecular formula is C25H25ClN4O3. The summed E-state index contributed by atoms with van der Waals surface area (Å²) in [6.07, 6.45) is 5.58. The summed E-state index contributed by atoms with van der Waals surface area (Å²) in [4.78, 5) is 39.7. The number of aromatic nitrogens is 3. The van der Waals surface area contributed by atoms with Gasteiger partial charge in [-0.25, -0.2) is 9.97 Å². The highest BCUT2D eigenvalue weighted by molar-refractivity contribution is 6.30. The van der Waals surface area contributed by atoms with Gasteiger partial charge in [-0.05, 0) is 49.9 Å². The van der Waals surface area contributed by atoms with Crippen LogP contribution in [0.2, 0.25) is 5.02 Å². The first-order chi connectivity index (χ1) is 16.1. The quantitative estimate of drug-likeness (QED) is 0.290. The number of anilines is 1. The lowest BCUT2D eigenvalue weighted by Gasteiger charge is -2.34. The van der Waals surface area contributed by atoms with Crippen LogP contribution in [0.5, 0.6) is 0 Å². The number of nitrogens with zero attached hydrogens (tertiary/aromatic N) is 4. The van der Waals surface area contributed by atoms with Gasteiger partial charge in [-0.1, -0.05) is 23.7 Å². The molecule has 0 radical (unpaired) electrons. The van der Waals surface area contributed by atoms with Crippen molar-refractivity contribution in [3.05, 3.63) is 59.9 Å². The second-order valence-corrected chi connectivity index (χ2v) is 8.36. The van der Waals surface area contributed by atoms with Gasteiger partial charge in [-0.15, -0.1) is 0 Å². The normalized spacial score (nSPS) is 15.2. The van der Waals surface area contributed by atoms with E-state index in [1.165, 1.54) is 0 Å². The van der Waals surface area contributed by atoms with E-state index < -0.39 is 11.9 Å². The fraction of sp³-hybridized carbons (Fsp3) is 0.320. The van der Waals surface area contributed by atoms with Crippen LogP contribution in [0.1, 0.15) is 19.8 Å². The molecule has 1 atom stereocenters. The second-order valence-electron chi connectivity index (χ2n) is 7.92. The Hall–Kier alpha value is -3.32. The fourth-order valence-electron chi connectivity index (χ4n) is 4.07. The zero-order chi connectivity index (χ0) is 23.2. The maximum atomic E-state index is 12.1. The number of aldehydes is 1. The number of benzene rings is 1. The number of carbonyl (C=O) groups is 2. The first kappa shape index (κ1) is 22.9. The Morgan fingerprint density at radius 1 is 1.18 bits per heavy atom. The van der Waals surface area contributed by atoms with E-state index >= 15 is 0 Å². The number of hydrogen-bond acceptors (Lipinski definition) is 7. The molecule has 33 heavy (non-hydrogen) atoms. The van der Waals surface area contributed by atoms with Crippen molar-refractivity contribution in [2.24, 2.45) is 11.8 Å². The summed E-state index contributed by atoms with van der Waals surface area (Å²) in [5.74, 6) is 0.203. The Bertz CT molecular complexity index is 1100. The lowest BCUT2D eigenvalue weighted by atomic mass is 9.85. The highest BCUT2D eigenvalue weighted by atomic mass is 35.5. The summed E-state index contributed by atoms with van der Waals surface area (Å²) in [5, 5.41) is 0.661. The van der Waals surface area contributed by atoms with Crippen LogP contribution in [0.25, 0.3) is 22.6 Å². The van der Waals surface area contributed by atoms with E-state index in [0.29, 0.717) is 36.8 Å². The molecule has 0 saturated carbocycles. The van der Waals surface area contributed by atoms with Gasteiger partial charge in [-0.3, -0.25) is 9.78 Å². The number of halogens is 1. The predicted molar refractivity (Wildman–Crippen MR) is 127 cm³/mol. The molecule has 1 saturated heterocycles. The highest BCUT2D eigenvalue weighted by Crippen LogP contribution is 2.31. The van der Waals surface area contributed by atoms with Crippen LogP contribution in [0, 0.1) is 11.8 Å². The number of piperidine rings is 1. The van der Waals surface area contributed by atoms with Crippen LogP contribution in [-0.4, -0.2) is 46.9 Å². The van der Waals surface area contributed by atoms with Crippen LogP contribution in [-0.2, 0) is 14.3 Å². The third-order valence-electron chi connectivity index (χ3n) is 5.85. The minimum atomic E-state index is -0.715. The Balaban J connectivity index is 1.61. The van der Waals surface area contributed by atoms with Gasteiger partial charge < -0.3 is 14.4 Å². The first-order valence-electron chi connectivity index (χ1n) is 11.0. The third-order valence-corrected chi connectivity index (χ3v) is 6.10. The van der Waals surface area contributed by atoms with Gasteiger partial charge in [0.1, 0.15) is 18.0 Å². The summed E-state index contributed by atoms with van der Waals surface area (Å²) in [7, 11) is 0. The number of rotatable bonds is 7. The Morgan fingerprint density at radius 3 is 2.58 bits per heavy atom. The molecule has 1 aliphatic rings. The molecule has 2 aromatic heterocycles. The van der Waals surface area contributed by atoms with E-state index in [1.54, 1.807) is 19.3 Å². The average molecular weight is 465 g/mol. The van der Waals surface area contributed by atoms with Crippen LogP contribution in [0.4, 0.5) is 5.82 Å². The van der Waals surface area contributed by atoms with Crippen molar-refractivity contribution in [1.29, 1.82) is 0 Å². The summed E-state index contributed by atoms with van der Waals surface area (Å²) >= 11 is 6.07. The Labute approximate surface area is 197 Å². The van der Waals surface area contributed by atoms with Gasteiger partial charge in [-0.2, -0.15) is 0 Å². The van der Waals surface area contributed by atoms with Crippen LogP contribution < -0.4 is 4.90 Å². The lowest BCUT2D eigenvalue weighted by molar-refractivity contribution is -0.151. The largest absolute Gasteiger partial charge is 0.465 e. The Kier molecular flexibility index (Phi) is 7.29. The maximum absolute atomic E-state index is 12.1. The third kappa shape index (κ3) is 5.37. The fourth-order valence-corrected chi connectivity index (χ4v) is 4.20. The van der Waals surface area contributed by atoms with Crippen molar-refractivity contribution < 1.29 is 14.3 Å². The number of pyridine rings is 1. The topological polar surface area (TPSA) is 85.3 Å². The van der Waals surface area contributed by atoms with E-state index in [2.05, 4.69) is 9.88 Å². The maximum Gasteiger partial charge on any atom is 0.316 e. The summed E-state index contributed by atoms with van der Waals surface area (Å²) < 4.78 is 5.08. The van der Waals surface area contributed by atoms with Gasteiger partial charge in [0.05, 0.1) is 12.3 Å². The van der Waals surface area contributed by atoms with Crippen LogP contribution in [0.15, 0.2) is 54.9 Å². The molecule has 1 aliphatic heterocycles. The summed E-state index contributed by atoms with van der Waals surface area (Å²) in [6, 6.07) is 13.3. The van der Waals surface area contributed by atoms with Gasteiger partial charge in [0.15, 0.2) is 5.82 Å². The van der Waals surface area contributed by atoms with Gasteiger partial charge >= 0.3 is 5.97 Å². The lowest BCUT2D eigenvalue weighted by Crippen LogP contribution is -2.39. The molecule has 0 spiro atoms. The molecule has 4 rings (SSSR count). The molecule has 0 N–H and O–H groups in total. The van der Waals surface area contributed by atoms with E-state index in [9.17, 15) is 9.59 Å². The molecule has 0 amide bonds. The number of esters is 1. The molecule has 0 aliphatic carbocycles. The van der Waals surface area contributed by atoms with Gasteiger partial charge in [0.2, 0.25) is 0 Å². The minimum Gasteiger partial charge on any atom is -0.465 e. The minimum absolute atomic E-state index is 0.0341.